The summed E-state index contributed by atoms with van der Waals surface area (Å²) in [6.45, 7) is 1.06. The quantitative estimate of drug-likeness (QED) is 0.486. The van der Waals surface area contributed by atoms with Crippen LogP contribution >= 0.6 is 0 Å². The van der Waals surface area contributed by atoms with Crippen LogP contribution in [0.4, 0.5) is 5.82 Å². The summed E-state index contributed by atoms with van der Waals surface area (Å²) in [4.78, 5) is 48.4. The van der Waals surface area contributed by atoms with Gasteiger partial charge in [-0.05, 0) is 19.1 Å². The van der Waals surface area contributed by atoms with Gasteiger partial charge in [0.1, 0.15) is 30.5 Å². The Bertz CT molecular complexity index is 1160. The third-order valence-electron chi connectivity index (χ3n) is 5.26. The molecule has 172 valence electrons. The Morgan fingerprint density at radius 2 is 1.97 bits per heavy atom. The summed E-state index contributed by atoms with van der Waals surface area (Å²) >= 11 is 0. The average molecular weight is 453 g/mol. The summed E-state index contributed by atoms with van der Waals surface area (Å²) in [6, 6.07) is 8.71. The van der Waals surface area contributed by atoms with Gasteiger partial charge in [-0.25, -0.2) is 15.0 Å². The molecular weight excluding hydrogens is 430 g/mol. The minimum absolute atomic E-state index is 0.0274. The van der Waals surface area contributed by atoms with Crippen LogP contribution in [0.5, 0.6) is 0 Å². The number of benzene rings is 1. The number of nitrogens with one attached hydrogen (secondary N) is 1. The number of aliphatic hydroxyl groups is 1. The second-order valence-corrected chi connectivity index (χ2v) is 7.64. The maximum Gasteiger partial charge on any atom is 0.306 e. The van der Waals surface area contributed by atoms with E-state index in [1.807, 2.05) is 6.07 Å². The van der Waals surface area contributed by atoms with E-state index in [9.17, 15) is 19.5 Å². The van der Waals surface area contributed by atoms with E-state index in [1.54, 1.807) is 28.8 Å². The Labute approximate surface area is 188 Å². The number of ketones is 1. The first kappa shape index (κ1) is 22.5. The van der Waals surface area contributed by atoms with Crippen molar-refractivity contribution in [3.05, 3.63) is 48.5 Å². The average Bonchev–Trinajstić information content (AvgIpc) is 3.42. The van der Waals surface area contributed by atoms with Crippen LogP contribution in [-0.4, -0.2) is 61.1 Å². The van der Waals surface area contributed by atoms with Crippen molar-refractivity contribution in [3.63, 3.8) is 0 Å². The van der Waals surface area contributed by atoms with Crippen LogP contribution in [0, 0.1) is 0 Å². The number of hydrogen-bond donors (Lipinski definition) is 2. The number of carbonyl (C=O) groups excluding carboxylic acids is 3. The van der Waals surface area contributed by atoms with Crippen molar-refractivity contribution >= 4 is 34.6 Å². The van der Waals surface area contributed by atoms with Crippen LogP contribution in [-0.2, 0) is 19.1 Å². The number of Topliss-reactive ketones (excluding diaryl/α,β-unsaturated/α-hetero) is 1. The van der Waals surface area contributed by atoms with Gasteiger partial charge in [-0.15, -0.1) is 0 Å². The number of aromatic nitrogens is 4. The number of ether oxygens (including phenoxy) is 2. The number of nitrogens with zero attached hydrogens (tertiary/aromatic N) is 4. The van der Waals surface area contributed by atoms with E-state index in [-0.39, 0.29) is 43.4 Å². The minimum Gasteiger partial charge on any atom is -0.459 e. The third kappa shape index (κ3) is 5.04. The first-order valence-corrected chi connectivity index (χ1v) is 10.5. The Morgan fingerprint density at radius 3 is 2.70 bits per heavy atom. The monoisotopic (exact) mass is 453 g/mol. The maximum atomic E-state index is 12.5. The number of carbonyl (C=O) groups is 3. The van der Waals surface area contributed by atoms with Gasteiger partial charge in [0.25, 0.3) is 5.91 Å². The predicted octanol–water partition coefficient (Wildman–Crippen LogP) is 1.64. The number of hydrogen-bond acceptors (Lipinski definition) is 9. The molecule has 3 heterocycles. The first-order chi connectivity index (χ1) is 16.0. The largest absolute Gasteiger partial charge is 0.459 e. The Balaban J connectivity index is 1.51. The van der Waals surface area contributed by atoms with Crippen molar-refractivity contribution in [1.29, 1.82) is 0 Å². The molecule has 1 fully saturated rings. The van der Waals surface area contributed by atoms with E-state index >= 15 is 0 Å². The highest BCUT2D eigenvalue weighted by molar-refractivity contribution is 6.06. The van der Waals surface area contributed by atoms with Crippen LogP contribution in [0.15, 0.2) is 43.0 Å². The number of rotatable bonds is 8. The van der Waals surface area contributed by atoms with Crippen molar-refractivity contribution in [1.82, 2.24) is 19.5 Å². The first-order valence-electron chi connectivity index (χ1n) is 10.5. The summed E-state index contributed by atoms with van der Waals surface area (Å²) in [6.07, 6.45) is 1.11. The topological polar surface area (TPSA) is 146 Å². The van der Waals surface area contributed by atoms with E-state index in [4.69, 9.17) is 9.47 Å². The van der Waals surface area contributed by atoms with Crippen molar-refractivity contribution in [2.24, 2.45) is 0 Å². The van der Waals surface area contributed by atoms with Gasteiger partial charge >= 0.3 is 5.97 Å². The molecule has 1 aliphatic heterocycles. The Hall–Kier alpha value is -3.70. The number of amides is 1. The molecule has 0 unspecified atom stereocenters. The maximum absolute atomic E-state index is 12.5. The fourth-order valence-corrected chi connectivity index (χ4v) is 3.59. The van der Waals surface area contributed by atoms with Gasteiger partial charge in [0.05, 0.1) is 19.4 Å². The van der Waals surface area contributed by atoms with Gasteiger partial charge < -0.3 is 24.7 Å². The van der Waals surface area contributed by atoms with E-state index in [2.05, 4.69) is 20.3 Å². The second kappa shape index (κ2) is 9.84. The SMILES string of the molecule is CC(=O)CCC(=O)O[C@@H]1C[C@H](n2cnc3c(NC(=O)c4ccccc4)ncnc32)O[C@@H]1CO. The van der Waals surface area contributed by atoms with Crippen LogP contribution in [0.2, 0.25) is 0 Å². The van der Waals surface area contributed by atoms with Crippen molar-refractivity contribution in [2.45, 2.75) is 44.6 Å². The molecule has 0 spiro atoms. The zero-order chi connectivity index (χ0) is 23.4. The summed E-state index contributed by atoms with van der Waals surface area (Å²) < 4.78 is 12.9. The molecule has 2 N–H and O–H groups in total. The van der Waals surface area contributed by atoms with Crippen molar-refractivity contribution in [3.8, 4) is 0 Å². The number of fused-ring (bicyclic) bond motifs is 1. The molecule has 1 saturated heterocycles. The molecule has 2 aromatic heterocycles. The lowest BCUT2D eigenvalue weighted by molar-refractivity contribution is -0.153. The summed E-state index contributed by atoms with van der Waals surface area (Å²) in [5, 5.41) is 12.4. The van der Waals surface area contributed by atoms with Crippen LogP contribution in [0.25, 0.3) is 11.2 Å². The van der Waals surface area contributed by atoms with Gasteiger partial charge in [0.2, 0.25) is 0 Å². The van der Waals surface area contributed by atoms with Crippen LogP contribution < -0.4 is 5.32 Å². The van der Waals surface area contributed by atoms with E-state index < -0.39 is 24.4 Å². The highest BCUT2D eigenvalue weighted by atomic mass is 16.6. The van der Waals surface area contributed by atoms with Gasteiger partial charge in [0, 0.05) is 18.4 Å². The lowest BCUT2D eigenvalue weighted by Crippen LogP contribution is -2.30. The predicted molar refractivity (Wildman–Crippen MR) is 115 cm³/mol. The highest BCUT2D eigenvalue weighted by Crippen LogP contribution is 2.33. The third-order valence-corrected chi connectivity index (χ3v) is 5.26. The normalized spacial score (nSPS) is 20.0. The van der Waals surface area contributed by atoms with Crippen molar-refractivity contribution < 1.29 is 29.0 Å². The van der Waals surface area contributed by atoms with Crippen LogP contribution in [0.1, 0.15) is 42.8 Å². The smallest absolute Gasteiger partial charge is 0.306 e. The molecule has 3 atom stereocenters. The number of anilines is 1. The zero-order valence-corrected chi connectivity index (χ0v) is 17.9. The Kier molecular flexibility index (Phi) is 6.71. The van der Waals surface area contributed by atoms with Gasteiger partial charge in [-0.2, -0.15) is 0 Å². The lowest BCUT2D eigenvalue weighted by atomic mass is 10.2. The van der Waals surface area contributed by atoms with Gasteiger partial charge in [-0.1, -0.05) is 18.2 Å². The molecule has 4 rings (SSSR count). The fourth-order valence-electron chi connectivity index (χ4n) is 3.59. The van der Waals surface area contributed by atoms with E-state index in [0.29, 0.717) is 16.7 Å². The second-order valence-electron chi connectivity index (χ2n) is 7.64. The molecule has 0 saturated carbocycles. The van der Waals surface area contributed by atoms with Gasteiger partial charge in [0.15, 0.2) is 17.0 Å². The molecule has 1 aromatic carbocycles. The van der Waals surface area contributed by atoms with E-state index in [1.165, 1.54) is 19.6 Å². The standard InChI is InChI=1S/C22H23N5O6/c1-13(29)7-8-18(30)33-15-9-17(32-16(15)10-28)27-12-25-19-20(23-11-24-21(19)27)26-22(31)14-5-3-2-4-6-14/h2-6,11-12,15-17,28H,7-10H2,1H3,(H,23,24,26,31)/t15-,16-,17-/m1/s1. The van der Waals surface area contributed by atoms with Gasteiger partial charge in [-0.3, -0.25) is 14.2 Å². The summed E-state index contributed by atoms with van der Waals surface area (Å²) in [5.74, 6) is -0.718. The lowest BCUT2D eigenvalue weighted by Gasteiger charge is -2.16. The molecule has 0 bridgehead atoms. The molecule has 11 nitrogen and oxygen atoms in total. The van der Waals surface area contributed by atoms with Crippen molar-refractivity contribution in [2.75, 3.05) is 11.9 Å². The Morgan fingerprint density at radius 1 is 1.18 bits per heavy atom. The number of aliphatic hydroxyl groups excluding tert-OH is 1. The summed E-state index contributed by atoms with van der Waals surface area (Å²) in [5.41, 5.74) is 1.26. The van der Waals surface area contributed by atoms with Crippen LogP contribution in [0.3, 0.4) is 0 Å². The minimum atomic E-state index is -0.729. The summed E-state index contributed by atoms with van der Waals surface area (Å²) in [7, 11) is 0. The molecule has 1 aliphatic rings. The molecule has 0 aliphatic carbocycles. The fraction of sp³-hybridized carbons (Fsp3) is 0.364. The number of esters is 1. The molecular formula is C22H23N5O6. The highest BCUT2D eigenvalue weighted by Gasteiger charge is 2.39. The zero-order valence-electron chi connectivity index (χ0n) is 17.9. The molecule has 33 heavy (non-hydrogen) atoms. The number of imidazole rings is 1. The van der Waals surface area contributed by atoms with E-state index in [0.717, 1.165) is 0 Å². The molecule has 0 radical (unpaired) electrons. The molecule has 1 amide bonds. The molecule has 3 aromatic rings. The molecule has 11 heteroatoms.